The van der Waals surface area contributed by atoms with Crippen LogP contribution in [0.2, 0.25) is 0 Å². The van der Waals surface area contributed by atoms with Crippen molar-refractivity contribution in [1.82, 2.24) is 15.3 Å². The van der Waals surface area contributed by atoms with Crippen LogP contribution in [0.1, 0.15) is 12.8 Å². The number of hydrogen-bond donors (Lipinski definition) is 3. The van der Waals surface area contributed by atoms with E-state index in [1.807, 2.05) is 18.2 Å². The smallest absolute Gasteiger partial charge is 0.312 e. The molecule has 0 aliphatic carbocycles. The number of fused-ring (bicyclic) bond motifs is 1. The molecule has 2 amide bonds. The van der Waals surface area contributed by atoms with Gasteiger partial charge in [0.15, 0.2) is 0 Å². The van der Waals surface area contributed by atoms with E-state index >= 15 is 0 Å². The Morgan fingerprint density at radius 2 is 1.92 bits per heavy atom. The van der Waals surface area contributed by atoms with Gasteiger partial charge in [0.1, 0.15) is 17.0 Å². The van der Waals surface area contributed by atoms with E-state index in [0.717, 1.165) is 46.5 Å². The highest BCUT2D eigenvalue weighted by molar-refractivity contribution is 7.17. The molecule has 7 heteroatoms. The molecule has 0 radical (unpaired) electrons. The Morgan fingerprint density at radius 1 is 1.12 bits per heavy atom. The molecule has 0 bridgehead atoms. The van der Waals surface area contributed by atoms with Crippen molar-refractivity contribution in [2.45, 2.75) is 12.8 Å². The number of hydrogen-bond acceptors (Lipinski definition) is 5. The van der Waals surface area contributed by atoms with Crippen LogP contribution in [0.4, 0.5) is 10.6 Å². The van der Waals surface area contributed by atoms with Crippen molar-refractivity contribution in [3.63, 3.8) is 0 Å². The first kappa shape index (κ1) is 16.2. The molecule has 6 nitrogen and oxygen atoms in total. The Morgan fingerprint density at radius 3 is 2.71 bits per heavy atom. The number of rotatable bonds is 7. The fourth-order valence-corrected chi connectivity index (χ4v) is 3.42. The topological polar surface area (TPSA) is 92.9 Å². The summed E-state index contributed by atoms with van der Waals surface area (Å²) in [6.07, 6.45) is 3.36. The molecular weight excluding hydrogens is 322 g/mol. The SMILES string of the molecule is NC(=O)NCCCCNc1ncnc2scc(-c3ccccc3)c12. The average Bonchev–Trinajstić information content (AvgIpc) is 3.03. The molecular formula is C17H19N5OS. The Labute approximate surface area is 144 Å². The number of nitrogens with one attached hydrogen (secondary N) is 2. The highest BCUT2D eigenvalue weighted by atomic mass is 32.1. The van der Waals surface area contributed by atoms with E-state index in [-0.39, 0.29) is 0 Å². The number of anilines is 1. The molecule has 2 aromatic heterocycles. The second kappa shape index (κ2) is 7.74. The Bertz CT molecular complexity index is 818. The van der Waals surface area contributed by atoms with Crippen LogP contribution in [0, 0.1) is 0 Å². The summed E-state index contributed by atoms with van der Waals surface area (Å²) in [6, 6.07) is 9.77. The first-order valence-corrected chi connectivity index (χ1v) is 8.68. The predicted molar refractivity (Wildman–Crippen MR) is 98.2 cm³/mol. The van der Waals surface area contributed by atoms with Gasteiger partial charge in [0.25, 0.3) is 0 Å². The number of carbonyl (C=O) groups excluding carboxylic acids is 1. The summed E-state index contributed by atoms with van der Waals surface area (Å²) in [5.74, 6) is 0.850. The second-order valence-corrected chi connectivity index (χ2v) is 6.20. The van der Waals surface area contributed by atoms with Crippen LogP contribution < -0.4 is 16.4 Å². The number of unbranched alkanes of at least 4 members (excludes halogenated alkanes) is 1. The van der Waals surface area contributed by atoms with Crippen molar-refractivity contribution >= 4 is 33.4 Å². The van der Waals surface area contributed by atoms with Crippen LogP contribution in [0.25, 0.3) is 21.3 Å². The van der Waals surface area contributed by atoms with Gasteiger partial charge in [0.2, 0.25) is 0 Å². The highest BCUT2D eigenvalue weighted by Gasteiger charge is 2.12. The van der Waals surface area contributed by atoms with Gasteiger partial charge < -0.3 is 16.4 Å². The zero-order valence-electron chi connectivity index (χ0n) is 13.2. The minimum atomic E-state index is -0.480. The summed E-state index contributed by atoms with van der Waals surface area (Å²) >= 11 is 1.62. The highest BCUT2D eigenvalue weighted by Crippen LogP contribution is 2.36. The Hall–Kier alpha value is -2.67. The quantitative estimate of drug-likeness (QED) is 0.575. The van der Waals surface area contributed by atoms with E-state index in [4.69, 9.17) is 5.73 Å². The lowest BCUT2D eigenvalue weighted by Gasteiger charge is -2.08. The molecule has 2 heterocycles. The first-order chi connectivity index (χ1) is 11.8. The van der Waals surface area contributed by atoms with Gasteiger partial charge >= 0.3 is 6.03 Å². The van der Waals surface area contributed by atoms with Crippen molar-refractivity contribution in [1.29, 1.82) is 0 Å². The summed E-state index contributed by atoms with van der Waals surface area (Å²) in [4.78, 5) is 20.4. The number of thiophene rings is 1. The molecule has 4 N–H and O–H groups in total. The Balaban J connectivity index is 1.72. The van der Waals surface area contributed by atoms with E-state index in [2.05, 4.69) is 38.1 Å². The number of primary amides is 1. The lowest BCUT2D eigenvalue weighted by molar-refractivity contribution is 0.249. The number of urea groups is 1. The van der Waals surface area contributed by atoms with Crippen molar-refractivity contribution in [2.75, 3.05) is 18.4 Å². The molecule has 0 unspecified atom stereocenters. The standard InChI is InChI=1S/C17H19N5OS/c18-17(23)20-9-5-4-8-19-15-14-13(12-6-2-1-3-7-12)10-24-16(14)22-11-21-15/h1-3,6-7,10-11H,4-5,8-9H2,(H3,18,20,23)(H,19,21,22). The van der Waals surface area contributed by atoms with Crippen molar-refractivity contribution in [3.05, 3.63) is 42.0 Å². The van der Waals surface area contributed by atoms with Gasteiger partial charge in [0.05, 0.1) is 5.39 Å². The van der Waals surface area contributed by atoms with E-state index in [1.54, 1.807) is 17.7 Å². The molecule has 0 aliphatic heterocycles. The fourth-order valence-electron chi connectivity index (χ4n) is 2.51. The second-order valence-electron chi connectivity index (χ2n) is 5.34. The van der Waals surface area contributed by atoms with Gasteiger partial charge in [0, 0.05) is 24.0 Å². The van der Waals surface area contributed by atoms with Crippen LogP contribution in [0.3, 0.4) is 0 Å². The van der Waals surface area contributed by atoms with Crippen LogP contribution in [0.15, 0.2) is 42.0 Å². The maximum Gasteiger partial charge on any atom is 0.312 e. The van der Waals surface area contributed by atoms with Crippen LogP contribution in [0.5, 0.6) is 0 Å². The first-order valence-electron chi connectivity index (χ1n) is 7.80. The molecule has 24 heavy (non-hydrogen) atoms. The number of amides is 2. The summed E-state index contributed by atoms with van der Waals surface area (Å²) in [5.41, 5.74) is 7.35. The van der Waals surface area contributed by atoms with E-state index in [1.165, 1.54) is 0 Å². The third kappa shape index (κ3) is 3.80. The zero-order valence-corrected chi connectivity index (χ0v) is 14.0. The van der Waals surface area contributed by atoms with E-state index in [0.29, 0.717) is 6.54 Å². The average molecular weight is 341 g/mol. The lowest BCUT2D eigenvalue weighted by Crippen LogP contribution is -2.30. The summed E-state index contributed by atoms with van der Waals surface area (Å²) < 4.78 is 0. The van der Waals surface area contributed by atoms with Crippen LogP contribution in [-0.2, 0) is 0 Å². The molecule has 0 atom stereocenters. The van der Waals surface area contributed by atoms with Gasteiger partial charge in [-0.15, -0.1) is 11.3 Å². The molecule has 124 valence electrons. The third-order valence-electron chi connectivity index (χ3n) is 3.65. The maximum atomic E-state index is 10.6. The third-order valence-corrected chi connectivity index (χ3v) is 4.54. The lowest BCUT2D eigenvalue weighted by atomic mass is 10.1. The molecule has 1 aromatic carbocycles. The van der Waals surface area contributed by atoms with Gasteiger partial charge in [-0.2, -0.15) is 0 Å². The number of benzene rings is 1. The molecule has 0 spiro atoms. The Kier molecular flexibility index (Phi) is 5.22. The van der Waals surface area contributed by atoms with Gasteiger partial charge in [-0.05, 0) is 18.4 Å². The van der Waals surface area contributed by atoms with Gasteiger partial charge in [-0.1, -0.05) is 30.3 Å². The molecule has 0 fully saturated rings. The zero-order chi connectivity index (χ0) is 16.8. The largest absolute Gasteiger partial charge is 0.369 e. The maximum absolute atomic E-state index is 10.6. The van der Waals surface area contributed by atoms with Crippen molar-refractivity contribution in [2.24, 2.45) is 5.73 Å². The monoisotopic (exact) mass is 341 g/mol. The minimum Gasteiger partial charge on any atom is -0.369 e. The van der Waals surface area contributed by atoms with Crippen molar-refractivity contribution in [3.8, 4) is 11.1 Å². The van der Waals surface area contributed by atoms with E-state index in [9.17, 15) is 4.79 Å². The van der Waals surface area contributed by atoms with Crippen molar-refractivity contribution < 1.29 is 4.79 Å². The number of aromatic nitrogens is 2. The summed E-state index contributed by atoms with van der Waals surface area (Å²) in [6.45, 7) is 1.36. The fraction of sp³-hybridized carbons (Fsp3) is 0.235. The molecule has 0 saturated heterocycles. The number of carbonyl (C=O) groups is 1. The van der Waals surface area contributed by atoms with Gasteiger partial charge in [-0.3, -0.25) is 0 Å². The van der Waals surface area contributed by atoms with E-state index < -0.39 is 6.03 Å². The molecule has 3 aromatic rings. The molecule has 0 aliphatic rings. The summed E-state index contributed by atoms with van der Waals surface area (Å²) in [5, 5.41) is 9.15. The normalized spacial score (nSPS) is 10.7. The van der Waals surface area contributed by atoms with Crippen LogP contribution in [-0.4, -0.2) is 29.1 Å². The number of nitrogens with two attached hydrogens (primary N) is 1. The van der Waals surface area contributed by atoms with Gasteiger partial charge in [-0.25, -0.2) is 14.8 Å². The predicted octanol–water partition coefficient (Wildman–Crippen LogP) is 3.22. The molecule has 3 rings (SSSR count). The molecule has 0 saturated carbocycles. The van der Waals surface area contributed by atoms with Crippen LogP contribution >= 0.6 is 11.3 Å². The summed E-state index contributed by atoms with van der Waals surface area (Å²) in [7, 11) is 0. The minimum absolute atomic E-state index is 0.480. The number of nitrogens with zero attached hydrogens (tertiary/aromatic N) is 2.